The van der Waals surface area contributed by atoms with Gasteiger partial charge in [0.25, 0.3) is 0 Å². The van der Waals surface area contributed by atoms with Gasteiger partial charge in [0.15, 0.2) is 0 Å². The average molecular weight is 293 g/mol. The third-order valence-corrected chi connectivity index (χ3v) is 4.17. The first-order valence-corrected chi connectivity index (χ1v) is 7.93. The first kappa shape index (κ1) is 14.8. The van der Waals surface area contributed by atoms with Gasteiger partial charge in [0.05, 0.1) is 5.69 Å². The highest BCUT2D eigenvalue weighted by molar-refractivity contribution is 5.93. The van der Waals surface area contributed by atoms with Gasteiger partial charge in [0, 0.05) is 28.9 Å². The monoisotopic (exact) mass is 293 g/mol. The Kier molecular flexibility index (Phi) is 4.25. The lowest BCUT2D eigenvalue weighted by Gasteiger charge is -2.06. The molecule has 0 bridgehead atoms. The second kappa shape index (κ2) is 6.32. The molecule has 3 heteroatoms. The summed E-state index contributed by atoms with van der Waals surface area (Å²) >= 11 is 0. The van der Waals surface area contributed by atoms with Crippen LogP contribution in [-0.2, 0) is 6.42 Å². The zero-order valence-electron chi connectivity index (χ0n) is 13.3. The average Bonchev–Trinajstić information content (AvgIpc) is 2.87. The smallest absolute Gasteiger partial charge is 0.0513 e. The zero-order chi connectivity index (χ0) is 15.5. The molecule has 2 heterocycles. The molecule has 0 aliphatic carbocycles. The van der Waals surface area contributed by atoms with E-state index in [-0.39, 0.29) is 0 Å². The maximum absolute atomic E-state index is 5.66. The molecule has 0 atom stereocenters. The van der Waals surface area contributed by atoms with Gasteiger partial charge in [-0.25, -0.2) is 0 Å². The standard InChI is InChI=1S/C19H23N3/c1-13-10-14(2)18-16(7-3-4-8-20)19(22-17(18)11-13)15-6-5-9-21-12-15/h5-6,9-12,22H,3-4,7-8,20H2,1-2H3. The number of aromatic nitrogens is 2. The van der Waals surface area contributed by atoms with E-state index < -0.39 is 0 Å². The summed E-state index contributed by atoms with van der Waals surface area (Å²) in [6.07, 6.45) is 6.97. The van der Waals surface area contributed by atoms with E-state index in [1.54, 1.807) is 0 Å². The summed E-state index contributed by atoms with van der Waals surface area (Å²) in [7, 11) is 0. The number of benzene rings is 1. The number of aromatic amines is 1. The van der Waals surface area contributed by atoms with Gasteiger partial charge < -0.3 is 10.7 Å². The topological polar surface area (TPSA) is 54.7 Å². The Hall–Kier alpha value is -2.13. The van der Waals surface area contributed by atoms with Gasteiger partial charge in [0.2, 0.25) is 0 Å². The molecule has 0 saturated heterocycles. The van der Waals surface area contributed by atoms with Crippen molar-refractivity contribution in [2.45, 2.75) is 33.1 Å². The number of rotatable bonds is 5. The minimum Gasteiger partial charge on any atom is -0.354 e. The molecule has 0 fully saturated rings. The molecule has 114 valence electrons. The summed E-state index contributed by atoms with van der Waals surface area (Å²) in [5, 5.41) is 1.36. The van der Waals surface area contributed by atoms with Crippen LogP contribution in [0.5, 0.6) is 0 Å². The number of H-pyrrole nitrogens is 1. The minimum absolute atomic E-state index is 0.753. The van der Waals surface area contributed by atoms with Crippen LogP contribution in [0.4, 0.5) is 0 Å². The fourth-order valence-corrected chi connectivity index (χ4v) is 3.26. The van der Waals surface area contributed by atoms with Gasteiger partial charge in [0.1, 0.15) is 0 Å². The molecule has 0 radical (unpaired) electrons. The number of nitrogens with one attached hydrogen (secondary N) is 1. The molecule has 0 spiro atoms. The highest BCUT2D eigenvalue weighted by Crippen LogP contribution is 2.33. The van der Waals surface area contributed by atoms with Crippen LogP contribution >= 0.6 is 0 Å². The normalized spacial score (nSPS) is 11.2. The second-order valence-corrected chi connectivity index (χ2v) is 5.97. The van der Waals surface area contributed by atoms with Crippen LogP contribution in [0.1, 0.15) is 29.5 Å². The summed E-state index contributed by atoms with van der Waals surface area (Å²) in [5.41, 5.74) is 13.3. The predicted molar refractivity (Wildman–Crippen MR) is 93.0 cm³/mol. The first-order chi connectivity index (χ1) is 10.7. The molecule has 3 rings (SSSR count). The van der Waals surface area contributed by atoms with E-state index in [1.165, 1.54) is 33.3 Å². The lowest BCUT2D eigenvalue weighted by atomic mass is 9.97. The Bertz CT molecular complexity index is 772. The van der Waals surface area contributed by atoms with E-state index in [1.807, 2.05) is 18.5 Å². The molecule has 0 amide bonds. The number of fused-ring (bicyclic) bond motifs is 1. The molecule has 22 heavy (non-hydrogen) atoms. The Balaban J connectivity index is 2.17. The van der Waals surface area contributed by atoms with Crippen molar-refractivity contribution in [3.63, 3.8) is 0 Å². The number of aryl methyl sites for hydroxylation is 3. The number of hydrogen-bond acceptors (Lipinski definition) is 2. The fraction of sp³-hybridized carbons (Fsp3) is 0.316. The third-order valence-electron chi connectivity index (χ3n) is 4.17. The number of pyridine rings is 1. The molecule has 3 N–H and O–H groups in total. The molecule has 0 aliphatic rings. The Morgan fingerprint density at radius 1 is 1.18 bits per heavy atom. The van der Waals surface area contributed by atoms with Crippen LogP contribution in [0, 0.1) is 13.8 Å². The lowest BCUT2D eigenvalue weighted by Crippen LogP contribution is -1.99. The van der Waals surface area contributed by atoms with E-state index in [9.17, 15) is 0 Å². The number of unbranched alkanes of at least 4 members (excludes halogenated alkanes) is 1. The van der Waals surface area contributed by atoms with E-state index >= 15 is 0 Å². The molecular weight excluding hydrogens is 270 g/mol. The molecule has 0 aliphatic heterocycles. The molecule has 0 unspecified atom stereocenters. The second-order valence-electron chi connectivity index (χ2n) is 5.97. The molecule has 3 nitrogen and oxygen atoms in total. The first-order valence-electron chi connectivity index (χ1n) is 7.93. The van der Waals surface area contributed by atoms with Crippen molar-refractivity contribution in [3.8, 4) is 11.3 Å². The van der Waals surface area contributed by atoms with Gasteiger partial charge in [-0.3, -0.25) is 4.98 Å². The summed E-state index contributed by atoms with van der Waals surface area (Å²) < 4.78 is 0. The highest BCUT2D eigenvalue weighted by atomic mass is 14.7. The summed E-state index contributed by atoms with van der Waals surface area (Å²) in [6.45, 7) is 5.09. The molecule has 0 saturated carbocycles. The maximum atomic E-state index is 5.66. The Morgan fingerprint density at radius 3 is 2.77 bits per heavy atom. The van der Waals surface area contributed by atoms with Crippen molar-refractivity contribution in [3.05, 3.63) is 53.3 Å². The van der Waals surface area contributed by atoms with E-state index in [4.69, 9.17) is 5.73 Å². The van der Waals surface area contributed by atoms with Crippen LogP contribution < -0.4 is 5.73 Å². The molecule has 1 aromatic carbocycles. The van der Waals surface area contributed by atoms with Crippen molar-refractivity contribution in [1.82, 2.24) is 9.97 Å². The van der Waals surface area contributed by atoms with E-state index in [0.717, 1.165) is 31.4 Å². The van der Waals surface area contributed by atoms with Crippen LogP contribution in [-0.4, -0.2) is 16.5 Å². The summed E-state index contributed by atoms with van der Waals surface area (Å²) in [6, 6.07) is 8.60. The maximum Gasteiger partial charge on any atom is 0.0513 e. The fourth-order valence-electron chi connectivity index (χ4n) is 3.26. The van der Waals surface area contributed by atoms with Crippen LogP contribution in [0.15, 0.2) is 36.7 Å². The van der Waals surface area contributed by atoms with E-state index in [0.29, 0.717) is 0 Å². The van der Waals surface area contributed by atoms with Gasteiger partial charge in [-0.1, -0.05) is 6.07 Å². The molecule has 3 aromatic rings. The summed E-state index contributed by atoms with van der Waals surface area (Å²) in [4.78, 5) is 7.89. The number of nitrogens with zero attached hydrogens (tertiary/aromatic N) is 1. The van der Waals surface area contributed by atoms with Crippen molar-refractivity contribution < 1.29 is 0 Å². The van der Waals surface area contributed by atoms with Crippen molar-refractivity contribution in [2.75, 3.05) is 6.54 Å². The Morgan fingerprint density at radius 2 is 2.05 bits per heavy atom. The SMILES string of the molecule is Cc1cc(C)c2c(CCCCN)c(-c3cccnc3)[nH]c2c1. The largest absolute Gasteiger partial charge is 0.354 e. The Labute approximate surface area is 131 Å². The van der Waals surface area contributed by atoms with Crippen LogP contribution in [0.3, 0.4) is 0 Å². The van der Waals surface area contributed by atoms with Crippen LogP contribution in [0.2, 0.25) is 0 Å². The van der Waals surface area contributed by atoms with Gasteiger partial charge in [-0.05, 0) is 74.5 Å². The lowest BCUT2D eigenvalue weighted by molar-refractivity contribution is 0.748. The van der Waals surface area contributed by atoms with Gasteiger partial charge >= 0.3 is 0 Å². The highest BCUT2D eigenvalue weighted by Gasteiger charge is 2.15. The van der Waals surface area contributed by atoms with Gasteiger partial charge in [-0.15, -0.1) is 0 Å². The summed E-state index contributed by atoms with van der Waals surface area (Å²) in [5.74, 6) is 0. The zero-order valence-corrected chi connectivity index (χ0v) is 13.3. The number of nitrogens with two attached hydrogens (primary N) is 1. The third kappa shape index (κ3) is 2.77. The van der Waals surface area contributed by atoms with Gasteiger partial charge in [-0.2, -0.15) is 0 Å². The van der Waals surface area contributed by atoms with E-state index in [2.05, 4.69) is 42.0 Å². The van der Waals surface area contributed by atoms with Crippen molar-refractivity contribution in [2.24, 2.45) is 5.73 Å². The predicted octanol–water partition coefficient (Wildman–Crippen LogP) is 4.13. The molecular formula is C19H23N3. The van der Waals surface area contributed by atoms with Crippen molar-refractivity contribution >= 4 is 10.9 Å². The van der Waals surface area contributed by atoms with Crippen LogP contribution in [0.25, 0.3) is 22.2 Å². The minimum atomic E-state index is 0.753. The van der Waals surface area contributed by atoms with Crippen molar-refractivity contribution in [1.29, 1.82) is 0 Å². The quantitative estimate of drug-likeness (QED) is 0.695. The molecule has 2 aromatic heterocycles. The number of hydrogen-bond donors (Lipinski definition) is 2.